The molecule has 0 aliphatic heterocycles. The van der Waals surface area contributed by atoms with Crippen LogP contribution in [0.25, 0.3) is 0 Å². The molecule has 122 valence electrons. The largest absolute Gasteiger partial charge is 0.416 e. The number of hydrogen-bond donors (Lipinski definition) is 2. The van der Waals surface area contributed by atoms with E-state index in [1.54, 1.807) is 18.2 Å². The highest BCUT2D eigenvalue weighted by atomic mass is 19.4. The Morgan fingerprint density at radius 2 is 1.87 bits per heavy atom. The lowest BCUT2D eigenvalue weighted by Crippen LogP contribution is -2.49. The van der Waals surface area contributed by atoms with Crippen LogP contribution in [0.3, 0.4) is 0 Å². The first-order valence-electron chi connectivity index (χ1n) is 7.14. The molecule has 0 saturated heterocycles. The van der Waals surface area contributed by atoms with Gasteiger partial charge < -0.3 is 10.2 Å². The first-order valence-corrected chi connectivity index (χ1v) is 7.14. The zero-order valence-corrected chi connectivity index (χ0v) is 12.0. The topological polar surface area (TPSA) is 66.2 Å². The lowest BCUT2D eigenvalue weighted by atomic mass is 9.60. The van der Waals surface area contributed by atoms with Gasteiger partial charge in [0.05, 0.1) is 23.1 Å². The number of pyridine rings is 2. The number of alkyl halides is 3. The van der Waals surface area contributed by atoms with Crippen molar-refractivity contribution in [3.63, 3.8) is 0 Å². The van der Waals surface area contributed by atoms with Gasteiger partial charge in [0.25, 0.3) is 0 Å². The van der Waals surface area contributed by atoms with Crippen LogP contribution in [0.15, 0.2) is 42.7 Å². The quantitative estimate of drug-likeness (QED) is 0.911. The Balaban J connectivity index is 2.02. The minimum Gasteiger partial charge on any atom is -0.393 e. The number of aliphatic hydroxyl groups excluding tert-OH is 2. The third-order valence-corrected chi connectivity index (χ3v) is 4.29. The smallest absolute Gasteiger partial charge is 0.393 e. The Kier molecular flexibility index (Phi) is 3.85. The summed E-state index contributed by atoms with van der Waals surface area (Å²) in [6, 6.07) is 6.80. The summed E-state index contributed by atoms with van der Waals surface area (Å²) in [6.07, 6.45) is -3.45. The molecule has 4 nitrogen and oxygen atoms in total. The Labute approximate surface area is 130 Å². The van der Waals surface area contributed by atoms with Crippen molar-refractivity contribution in [2.24, 2.45) is 0 Å². The van der Waals surface area contributed by atoms with E-state index in [0.717, 1.165) is 18.3 Å². The number of halogens is 3. The predicted molar refractivity (Wildman–Crippen MR) is 75.4 cm³/mol. The first-order chi connectivity index (χ1) is 10.8. The average Bonchev–Trinajstić information content (AvgIpc) is 2.51. The van der Waals surface area contributed by atoms with Gasteiger partial charge in [0.15, 0.2) is 0 Å². The van der Waals surface area contributed by atoms with Crippen LogP contribution in [0.4, 0.5) is 13.2 Å². The van der Waals surface area contributed by atoms with Crippen molar-refractivity contribution in [1.82, 2.24) is 9.97 Å². The summed E-state index contributed by atoms with van der Waals surface area (Å²) >= 11 is 0. The van der Waals surface area contributed by atoms with E-state index in [1.165, 1.54) is 6.20 Å². The molecule has 1 fully saturated rings. The first kappa shape index (κ1) is 15.9. The van der Waals surface area contributed by atoms with Crippen molar-refractivity contribution in [3.05, 3.63) is 59.7 Å². The fourth-order valence-corrected chi connectivity index (χ4v) is 3.05. The highest BCUT2D eigenvalue weighted by Gasteiger charge is 2.52. The van der Waals surface area contributed by atoms with Crippen LogP contribution in [-0.2, 0) is 11.6 Å². The summed E-state index contributed by atoms with van der Waals surface area (Å²) < 4.78 is 38.8. The maximum Gasteiger partial charge on any atom is 0.416 e. The molecule has 23 heavy (non-hydrogen) atoms. The third-order valence-electron chi connectivity index (χ3n) is 4.29. The van der Waals surface area contributed by atoms with Crippen LogP contribution in [-0.4, -0.2) is 26.3 Å². The second kappa shape index (κ2) is 5.58. The molecule has 2 aromatic rings. The molecule has 0 spiro atoms. The highest BCUT2D eigenvalue weighted by Crippen LogP contribution is 2.51. The molecule has 0 radical (unpaired) electrons. The monoisotopic (exact) mass is 324 g/mol. The van der Waals surface area contributed by atoms with Crippen molar-refractivity contribution < 1.29 is 23.4 Å². The van der Waals surface area contributed by atoms with Crippen molar-refractivity contribution in [3.8, 4) is 0 Å². The molecular formula is C16H15F3N2O2. The molecule has 2 aromatic heterocycles. The van der Waals surface area contributed by atoms with Crippen molar-refractivity contribution >= 4 is 0 Å². The Bertz CT molecular complexity index is 685. The minimum atomic E-state index is -4.49. The normalized spacial score (nSPS) is 25.7. The summed E-state index contributed by atoms with van der Waals surface area (Å²) in [5.41, 5.74) is -1.42. The number of rotatable bonds is 3. The highest BCUT2D eigenvalue weighted by molar-refractivity contribution is 5.32. The van der Waals surface area contributed by atoms with Gasteiger partial charge in [0.2, 0.25) is 0 Å². The van der Waals surface area contributed by atoms with Gasteiger partial charge in [-0.15, -0.1) is 0 Å². The Morgan fingerprint density at radius 3 is 2.43 bits per heavy atom. The van der Waals surface area contributed by atoms with Crippen LogP contribution in [0.1, 0.15) is 35.9 Å². The van der Waals surface area contributed by atoms with Gasteiger partial charge in [-0.3, -0.25) is 9.97 Å². The van der Waals surface area contributed by atoms with Crippen LogP contribution in [0, 0.1) is 0 Å². The van der Waals surface area contributed by atoms with Crippen LogP contribution < -0.4 is 0 Å². The van der Waals surface area contributed by atoms with Gasteiger partial charge in [0, 0.05) is 17.8 Å². The molecule has 1 aliphatic carbocycles. The molecule has 0 amide bonds. The van der Waals surface area contributed by atoms with Crippen molar-refractivity contribution in [1.29, 1.82) is 0 Å². The number of nitrogens with zero attached hydrogens (tertiary/aromatic N) is 2. The standard InChI is InChI=1S/C16H15F3N2O2/c17-16(18,19)10-4-6-21-13(7-10)15(8-11(22)9-15)14(23)12-3-1-2-5-20-12/h1-7,11,14,22-23H,8-9H2/t11?,14-,15?/m1/s1. The lowest BCUT2D eigenvalue weighted by Gasteiger charge is -2.47. The van der Waals surface area contributed by atoms with Crippen molar-refractivity contribution in [2.45, 2.75) is 36.6 Å². The van der Waals surface area contributed by atoms with Gasteiger partial charge in [-0.2, -0.15) is 13.2 Å². The van der Waals surface area contributed by atoms with E-state index in [9.17, 15) is 23.4 Å². The summed E-state index contributed by atoms with van der Waals surface area (Å²) in [7, 11) is 0. The van der Waals surface area contributed by atoms with E-state index in [0.29, 0.717) is 5.69 Å². The molecule has 2 heterocycles. The van der Waals surface area contributed by atoms with E-state index in [1.807, 2.05) is 0 Å². The van der Waals surface area contributed by atoms with Gasteiger partial charge in [-0.05, 0) is 37.1 Å². The second-order valence-corrected chi connectivity index (χ2v) is 5.80. The van der Waals surface area contributed by atoms with Gasteiger partial charge in [-0.1, -0.05) is 6.07 Å². The van der Waals surface area contributed by atoms with E-state index in [2.05, 4.69) is 9.97 Å². The minimum absolute atomic E-state index is 0.121. The molecule has 3 rings (SSSR count). The number of hydrogen-bond acceptors (Lipinski definition) is 4. The summed E-state index contributed by atoms with van der Waals surface area (Å²) in [4.78, 5) is 8.10. The number of aromatic nitrogens is 2. The SMILES string of the molecule is OC1CC(c2cc(C(F)(F)F)ccn2)([C@H](O)c2ccccn2)C1. The molecule has 2 N–H and O–H groups in total. The third kappa shape index (κ3) is 2.82. The average molecular weight is 324 g/mol. The van der Waals surface area contributed by atoms with Crippen LogP contribution >= 0.6 is 0 Å². The van der Waals surface area contributed by atoms with E-state index in [-0.39, 0.29) is 18.5 Å². The molecule has 1 aliphatic rings. The Morgan fingerprint density at radius 1 is 1.13 bits per heavy atom. The molecule has 1 atom stereocenters. The van der Waals surface area contributed by atoms with Crippen LogP contribution in [0.5, 0.6) is 0 Å². The molecule has 7 heteroatoms. The molecule has 0 bridgehead atoms. The molecule has 0 unspecified atom stereocenters. The molecule has 0 aromatic carbocycles. The summed E-state index contributed by atoms with van der Waals surface area (Å²) in [5.74, 6) is 0. The van der Waals surface area contributed by atoms with Crippen LogP contribution in [0.2, 0.25) is 0 Å². The zero-order chi connectivity index (χ0) is 16.7. The van der Waals surface area contributed by atoms with E-state index in [4.69, 9.17) is 0 Å². The summed E-state index contributed by atoms with van der Waals surface area (Å²) in [6.45, 7) is 0. The number of aliphatic hydroxyl groups is 2. The fraction of sp³-hybridized carbons (Fsp3) is 0.375. The fourth-order valence-electron chi connectivity index (χ4n) is 3.05. The van der Waals surface area contributed by atoms with Crippen molar-refractivity contribution in [2.75, 3.05) is 0 Å². The van der Waals surface area contributed by atoms with E-state index >= 15 is 0 Å². The zero-order valence-electron chi connectivity index (χ0n) is 12.0. The maximum absolute atomic E-state index is 12.9. The molecule has 1 saturated carbocycles. The predicted octanol–water partition coefficient (Wildman–Crippen LogP) is 2.62. The second-order valence-electron chi connectivity index (χ2n) is 5.80. The lowest BCUT2D eigenvalue weighted by molar-refractivity contribution is -0.138. The Hall–Kier alpha value is -1.99. The molecular weight excluding hydrogens is 309 g/mol. The van der Waals surface area contributed by atoms with Gasteiger partial charge in [0.1, 0.15) is 6.10 Å². The van der Waals surface area contributed by atoms with Gasteiger partial charge in [-0.25, -0.2) is 0 Å². The maximum atomic E-state index is 12.9. The summed E-state index contributed by atoms with van der Waals surface area (Å²) in [5, 5.41) is 20.3. The van der Waals surface area contributed by atoms with Gasteiger partial charge >= 0.3 is 6.18 Å². The van der Waals surface area contributed by atoms with E-state index < -0.39 is 29.4 Å².